The Labute approximate surface area is 138 Å². The summed E-state index contributed by atoms with van der Waals surface area (Å²) < 4.78 is 15.3. The third kappa shape index (κ3) is 3.56. The fourth-order valence-electron chi connectivity index (χ4n) is 1.93. The summed E-state index contributed by atoms with van der Waals surface area (Å²) in [5, 5.41) is 3.48. The summed E-state index contributed by atoms with van der Waals surface area (Å²) in [5.41, 5.74) is 1.12. The molecule has 1 atom stereocenters. The Bertz CT molecular complexity index is 565. The molecule has 1 aromatic heterocycles. The number of hydrogen-bond donors (Lipinski definition) is 1. The van der Waals surface area contributed by atoms with Crippen LogP contribution in [0.1, 0.15) is 28.3 Å². The van der Waals surface area contributed by atoms with Crippen LogP contribution in [0.25, 0.3) is 0 Å². The number of halogens is 3. The molecule has 1 N–H and O–H groups in total. The summed E-state index contributed by atoms with van der Waals surface area (Å²) >= 11 is 7.52. The van der Waals surface area contributed by atoms with Crippen LogP contribution >= 0.6 is 49.9 Å². The van der Waals surface area contributed by atoms with Crippen molar-refractivity contribution in [1.29, 1.82) is 0 Å². The van der Waals surface area contributed by atoms with Crippen LogP contribution < -0.4 is 5.32 Å². The van der Waals surface area contributed by atoms with E-state index in [9.17, 15) is 4.39 Å². The van der Waals surface area contributed by atoms with E-state index in [1.807, 2.05) is 6.07 Å². The highest BCUT2D eigenvalue weighted by Gasteiger charge is 2.19. The Morgan fingerprint density at radius 2 is 2.16 bits per heavy atom. The van der Waals surface area contributed by atoms with Crippen LogP contribution in [-0.2, 0) is 0 Å². The van der Waals surface area contributed by atoms with Crippen molar-refractivity contribution in [2.24, 2.45) is 0 Å². The minimum absolute atomic E-state index is 0.118. The maximum absolute atomic E-state index is 13.2. The van der Waals surface area contributed by atoms with Crippen molar-refractivity contribution >= 4 is 49.9 Å². The monoisotopic (exact) mass is 453 g/mol. The van der Waals surface area contributed by atoms with Gasteiger partial charge in [-0.05, 0) is 75.8 Å². The molecule has 1 heterocycles. The standard InChI is InChI=1S/C14H14BrFINS/c1-3-18-14(13-7-11(15)8(2)19-13)10-5-4-9(16)6-12(10)17/h4-7,14,18H,3H2,1-2H3. The van der Waals surface area contributed by atoms with Gasteiger partial charge in [0.05, 0.1) is 6.04 Å². The van der Waals surface area contributed by atoms with Gasteiger partial charge in [0.15, 0.2) is 0 Å². The summed E-state index contributed by atoms with van der Waals surface area (Å²) in [6.45, 7) is 5.04. The summed E-state index contributed by atoms with van der Waals surface area (Å²) in [7, 11) is 0. The minimum Gasteiger partial charge on any atom is -0.306 e. The highest BCUT2D eigenvalue weighted by molar-refractivity contribution is 14.1. The quantitative estimate of drug-likeness (QED) is 0.622. The van der Waals surface area contributed by atoms with Crippen LogP contribution in [0.3, 0.4) is 0 Å². The third-order valence-electron chi connectivity index (χ3n) is 2.84. The van der Waals surface area contributed by atoms with Gasteiger partial charge in [0.2, 0.25) is 0 Å². The van der Waals surface area contributed by atoms with Crippen LogP contribution in [0, 0.1) is 16.3 Å². The zero-order chi connectivity index (χ0) is 14.0. The number of rotatable bonds is 4. The van der Waals surface area contributed by atoms with Crippen LogP contribution in [0.4, 0.5) is 4.39 Å². The Hall–Kier alpha value is 0.0200. The van der Waals surface area contributed by atoms with Crippen molar-refractivity contribution in [3.05, 3.63) is 53.4 Å². The SMILES string of the molecule is CCNC(c1cc(Br)c(C)s1)c1ccc(F)cc1I. The molecule has 19 heavy (non-hydrogen) atoms. The number of thiophene rings is 1. The molecule has 102 valence electrons. The molecule has 0 saturated carbocycles. The summed E-state index contributed by atoms with van der Waals surface area (Å²) in [6, 6.07) is 7.24. The van der Waals surface area contributed by atoms with Gasteiger partial charge in [-0.25, -0.2) is 4.39 Å². The van der Waals surface area contributed by atoms with Crippen molar-refractivity contribution < 1.29 is 4.39 Å². The minimum atomic E-state index is -0.188. The van der Waals surface area contributed by atoms with Crippen molar-refractivity contribution in [3.8, 4) is 0 Å². The molecular formula is C14H14BrFINS. The van der Waals surface area contributed by atoms with Gasteiger partial charge in [0, 0.05) is 17.8 Å². The molecule has 1 unspecified atom stereocenters. The predicted molar refractivity (Wildman–Crippen MR) is 91.4 cm³/mol. The summed E-state index contributed by atoms with van der Waals surface area (Å²) in [6.07, 6.45) is 0. The lowest BCUT2D eigenvalue weighted by Crippen LogP contribution is -2.22. The van der Waals surface area contributed by atoms with E-state index in [2.05, 4.69) is 63.8 Å². The molecule has 5 heteroatoms. The predicted octanol–water partition coefficient (Wildman–Crippen LogP) is 5.26. The first-order valence-electron chi connectivity index (χ1n) is 5.97. The number of benzene rings is 1. The van der Waals surface area contributed by atoms with Gasteiger partial charge in [0.25, 0.3) is 0 Å². The highest BCUT2D eigenvalue weighted by atomic mass is 127. The third-order valence-corrected chi connectivity index (χ3v) is 5.98. The molecule has 1 nitrogen and oxygen atoms in total. The molecule has 0 aliphatic carbocycles. The molecule has 0 fully saturated rings. The average Bonchev–Trinajstić information content (AvgIpc) is 2.67. The molecule has 0 radical (unpaired) electrons. The van der Waals surface area contributed by atoms with E-state index in [0.717, 1.165) is 20.2 Å². The molecule has 0 saturated heterocycles. The van der Waals surface area contributed by atoms with E-state index in [1.165, 1.54) is 15.8 Å². The lowest BCUT2D eigenvalue weighted by atomic mass is 10.1. The number of hydrogen-bond acceptors (Lipinski definition) is 2. The van der Waals surface area contributed by atoms with Crippen LogP contribution in [0.15, 0.2) is 28.7 Å². The van der Waals surface area contributed by atoms with E-state index in [0.29, 0.717) is 0 Å². The molecule has 0 aliphatic rings. The van der Waals surface area contributed by atoms with Crippen LogP contribution in [0.5, 0.6) is 0 Å². The lowest BCUT2D eigenvalue weighted by Gasteiger charge is -2.18. The van der Waals surface area contributed by atoms with Gasteiger partial charge in [-0.2, -0.15) is 0 Å². The first kappa shape index (κ1) is 15.4. The van der Waals surface area contributed by atoms with E-state index < -0.39 is 0 Å². The van der Waals surface area contributed by atoms with Crippen molar-refractivity contribution in [2.45, 2.75) is 19.9 Å². The molecule has 0 aliphatic heterocycles. The molecule has 2 rings (SSSR count). The number of nitrogens with one attached hydrogen (secondary N) is 1. The lowest BCUT2D eigenvalue weighted by molar-refractivity contribution is 0.614. The fraction of sp³-hybridized carbons (Fsp3) is 0.286. The summed E-state index contributed by atoms with van der Waals surface area (Å²) in [5.74, 6) is -0.188. The van der Waals surface area contributed by atoms with Gasteiger partial charge in [-0.1, -0.05) is 13.0 Å². The molecule has 0 spiro atoms. The number of aryl methyl sites for hydroxylation is 1. The first-order valence-corrected chi connectivity index (χ1v) is 8.66. The second-order valence-corrected chi connectivity index (χ2v) is 7.51. The second-order valence-electron chi connectivity index (χ2n) is 4.21. The first-order chi connectivity index (χ1) is 9.02. The van der Waals surface area contributed by atoms with E-state index in [1.54, 1.807) is 17.4 Å². The normalized spacial score (nSPS) is 12.7. The van der Waals surface area contributed by atoms with E-state index in [4.69, 9.17) is 0 Å². The molecular weight excluding hydrogens is 440 g/mol. The van der Waals surface area contributed by atoms with Gasteiger partial charge < -0.3 is 5.32 Å². The van der Waals surface area contributed by atoms with Crippen molar-refractivity contribution in [3.63, 3.8) is 0 Å². The van der Waals surface area contributed by atoms with Gasteiger partial charge in [-0.3, -0.25) is 0 Å². The molecule has 1 aromatic carbocycles. The topological polar surface area (TPSA) is 12.0 Å². The van der Waals surface area contributed by atoms with E-state index >= 15 is 0 Å². The maximum Gasteiger partial charge on any atom is 0.124 e. The van der Waals surface area contributed by atoms with Gasteiger partial charge in [0.1, 0.15) is 5.82 Å². The van der Waals surface area contributed by atoms with E-state index in [-0.39, 0.29) is 11.9 Å². The zero-order valence-electron chi connectivity index (χ0n) is 10.6. The zero-order valence-corrected chi connectivity index (χ0v) is 15.2. The van der Waals surface area contributed by atoms with Gasteiger partial charge >= 0.3 is 0 Å². The van der Waals surface area contributed by atoms with Crippen LogP contribution in [-0.4, -0.2) is 6.54 Å². The molecule has 0 bridgehead atoms. The molecule has 2 aromatic rings. The largest absolute Gasteiger partial charge is 0.306 e. The Morgan fingerprint density at radius 1 is 1.42 bits per heavy atom. The Balaban J connectivity index is 2.44. The maximum atomic E-state index is 13.2. The Kier molecular flexibility index (Phi) is 5.39. The van der Waals surface area contributed by atoms with Crippen molar-refractivity contribution in [2.75, 3.05) is 6.54 Å². The van der Waals surface area contributed by atoms with Gasteiger partial charge in [-0.15, -0.1) is 11.3 Å². The fourth-order valence-corrected chi connectivity index (χ4v) is 4.37. The average molecular weight is 454 g/mol. The van der Waals surface area contributed by atoms with Crippen LogP contribution in [0.2, 0.25) is 0 Å². The second kappa shape index (κ2) is 6.65. The molecule has 0 amide bonds. The Morgan fingerprint density at radius 3 is 2.68 bits per heavy atom. The smallest absolute Gasteiger partial charge is 0.124 e. The van der Waals surface area contributed by atoms with Crippen molar-refractivity contribution in [1.82, 2.24) is 5.32 Å². The summed E-state index contributed by atoms with van der Waals surface area (Å²) in [4.78, 5) is 2.51. The highest BCUT2D eigenvalue weighted by Crippen LogP contribution is 2.35.